The third-order valence-electron chi connectivity index (χ3n) is 1.83. The Labute approximate surface area is 112 Å². The minimum atomic E-state index is -3.53. The van der Waals surface area contributed by atoms with Gasteiger partial charge in [-0.15, -0.1) is 0 Å². The first-order valence-electron chi connectivity index (χ1n) is 5.34. The van der Waals surface area contributed by atoms with Gasteiger partial charge in [-0.1, -0.05) is 12.2 Å². The largest absolute Gasteiger partial charge is 0.491 e. The van der Waals surface area contributed by atoms with Crippen molar-refractivity contribution in [1.29, 1.82) is 0 Å². The summed E-state index contributed by atoms with van der Waals surface area (Å²) in [7, 11) is -3.53. The highest BCUT2D eigenvalue weighted by molar-refractivity contribution is 7.95. The van der Waals surface area contributed by atoms with E-state index < -0.39 is 10.0 Å². The number of sulfonamides is 1. The number of benzene rings is 1. The molecule has 1 aromatic carbocycles. The van der Waals surface area contributed by atoms with E-state index in [1.54, 1.807) is 24.3 Å². The zero-order valence-corrected chi connectivity index (χ0v) is 11.8. The summed E-state index contributed by atoms with van der Waals surface area (Å²) in [5.41, 5.74) is 5.65. The van der Waals surface area contributed by atoms with Crippen molar-refractivity contribution in [2.24, 2.45) is 5.73 Å². The summed E-state index contributed by atoms with van der Waals surface area (Å²) in [6.45, 7) is 3.83. The summed E-state index contributed by atoms with van der Waals surface area (Å²) >= 11 is 4.57. The second-order valence-corrected chi connectivity index (χ2v) is 6.27. The van der Waals surface area contributed by atoms with Gasteiger partial charge in [-0.25, -0.2) is 8.42 Å². The number of thiocarbonyl (C=S) groups is 1. The fourth-order valence-electron chi connectivity index (χ4n) is 1.28. The standard InChI is InChI=1S/C11H16N2O3S2/c1-8(2)16-10-5-3-9(4-6-10)13-18(14,15)7-11(12)17/h3-6,8,13H,7H2,1-2H3,(H2,12,17). The highest BCUT2D eigenvalue weighted by atomic mass is 32.2. The second kappa shape index (κ2) is 6.01. The van der Waals surface area contributed by atoms with Crippen molar-refractivity contribution in [2.45, 2.75) is 20.0 Å². The molecule has 0 amide bonds. The molecule has 0 radical (unpaired) electrons. The van der Waals surface area contributed by atoms with Crippen LogP contribution < -0.4 is 15.2 Å². The summed E-state index contributed by atoms with van der Waals surface area (Å²) in [5.74, 6) is 0.314. The summed E-state index contributed by atoms with van der Waals surface area (Å²) in [6, 6.07) is 6.63. The zero-order valence-electron chi connectivity index (χ0n) is 10.2. The van der Waals surface area contributed by atoms with Crippen LogP contribution in [0.4, 0.5) is 5.69 Å². The maximum absolute atomic E-state index is 11.6. The van der Waals surface area contributed by atoms with Gasteiger partial charge in [-0.2, -0.15) is 0 Å². The van der Waals surface area contributed by atoms with Crippen molar-refractivity contribution in [3.05, 3.63) is 24.3 Å². The van der Waals surface area contributed by atoms with E-state index in [1.807, 2.05) is 13.8 Å². The molecule has 1 rings (SSSR count). The van der Waals surface area contributed by atoms with Crippen LogP contribution in [0.2, 0.25) is 0 Å². The van der Waals surface area contributed by atoms with Crippen LogP contribution in [0.3, 0.4) is 0 Å². The molecule has 5 nitrogen and oxygen atoms in total. The predicted octanol–water partition coefficient (Wildman–Crippen LogP) is 1.50. The third kappa shape index (κ3) is 5.33. The fraction of sp³-hybridized carbons (Fsp3) is 0.364. The molecule has 0 atom stereocenters. The van der Waals surface area contributed by atoms with E-state index in [4.69, 9.17) is 10.5 Å². The molecule has 0 unspecified atom stereocenters. The smallest absolute Gasteiger partial charge is 0.239 e. The van der Waals surface area contributed by atoms with E-state index in [-0.39, 0.29) is 16.8 Å². The molecular weight excluding hydrogens is 272 g/mol. The Morgan fingerprint density at radius 2 is 1.94 bits per heavy atom. The lowest BCUT2D eigenvalue weighted by Gasteiger charge is -2.11. The molecule has 100 valence electrons. The van der Waals surface area contributed by atoms with Crippen molar-refractivity contribution in [3.8, 4) is 5.75 Å². The number of ether oxygens (including phenoxy) is 1. The van der Waals surface area contributed by atoms with Gasteiger partial charge in [0.2, 0.25) is 10.0 Å². The Bertz CT molecular complexity index is 510. The average molecular weight is 288 g/mol. The first kappa shape index (κ1) is 14.7. The molecule has 0 saturated heterocycles. The number of anilines is 1. The maximum atomic E-state index is 11.6. The van der Waals surface area contributed by atoms with Crippen LogP contribution >= 0.6 is 12.2 Å². The Hall–Kier alpha value is -1.34. The first-order valence-corrected chi connectivity index (χ1v) is 7.40. The van der Waals surface area contributed by atoms with Gasteiger partial charge < -0.3 is 10.5 Å². The number of nitrogens with one attached hydrogen (secondary N) is 1. The van der Waals surface area contributed by atoms with E-state index in [0.717, 1.165) is 0 Å². The van der Waals surface area contributed by atoms with Crippen molar-refractivity contribution in [3.63, 3.8) is 0 Å². The lowest BCUT2D eigenvalue weighted by molar-refractivity contribution is 0.242. The molecule has 0 aromatic heterocycles. The van der Waals surface area contributed by atoms with Crippen molar-refractivity contribution >= 4 is 32.9 Å². The Morgan fingerprint density at radius 3 is 2.39 bits per heavy atom. The SMILES string of the molecule is CC(C)Oc1ccc(NS(=O)(=O)CC(N)=S)cc1. The molecule has 1 aromatic rings. The van der Waals surface area contributed by atoms with E-state index in [0.29, 0.717) is 11.4 Å². The third-order valence-corrected chi connectivity index (χ3v) is 3.40. The topological polar surface area (TPSA) is 81.4 Å². The summed E-state index contributed by atoms with van der Waals surface area (Å²) in [6.07, 6.45) is 0.0714. The number of nitrogens with two attached hydrogens (primary N) is 1. The van der Waals surface area contributed by atoms with Crippen molar-refractivity contribution in [2.75, 3.05) is 10.5 Å². The van der Waals surface area contributed by atoms with Crippen LogP contribution in [0, 0.1) is 0 Å². The number of rotatable bonds is 6. The Morgan fingerprint density at radius 1 is 1.39 bits per heavy atom. The van der Waals surface area contributed by atoms with Crippen LogP contribution in [0.1, 0.15) is 13.8 Å². The average Bonchev–Trinajstić information content (AvgIpc) is 2.17. The highest BCUT2D eigenvalue weighted by Crippen LogP contribution is 2.17. The monoisotopic (exact) mass is 288 g/mol. The second-order valence-electron chi connectivity index (χ2n) is 4.02. The Balaban J connectivity index is 2.72. The molecule has 0 aliphatic rings. The van der Waals surface area contributed by atoms with Gasteiger partial charge in [0.1, 0.15) is 11.5 Å². The molecule has 0 spiro atoms. The predicted molar refractivity (Wildman–Crippen MR) is 76.4 cm³/mol. The lowest BCUT2D eigenvalue weighted by atomic mass is 10.3. The van der Waals surface area contributed by atoms with Crippen molar-refractivity contribution < 1.29 is 13.2 Å². The van der Waals surface area contributed by atoms with E-state index in [2.05, 4.69) is 16.9 Å². The minimum Gasteiger partial charge on any atom is -0.491 e. The molecule has 0 heterocycles. The van der Waals surface area contributed by atoms with Gasteiger partial charge in [0.25, 0.3) is 0 Å². The van der Waals surface area contributed by atoms with Gasteiger partial charge in [0.05, 0.1) is 11.1 Å². The number of hydrogen-bond acceptors (Lipinski definition) is 4. The van der Waals surface area contributed by atoms with Gasteiger partial charge >= 0.3 is 0 Å². The molecule has 0 bridgehead atoms. The van der Waals surface area contributed by atoms with E-state index in [9.17, 15) is 8.42 Å². The maximum Gasteiger partial charge on any atom is 0.239 e. The Kier molecular flexibility index (Phi) is 4.92. The van der Waals surface area contributed by atoms with Crippen molar-refractivity contribution in [1.82, 2.24) is 0 Å². The van der Waals surface area contributed by atoms with Crippen LogP contribution in [0.5, 0.6) is 5.75 Å². The van der Waals surface area contributed by atoms with Crippen LogP contribution in [-0.4, -0.2) is 25.3 Å². The molecule has 0 fully saturated rings. The van der Waals surface area contributed by atoms with Crippen LogP contribution in [-0.2, 0) is 10.0 Å². The molecule has 0 aliphatic carbocycles. The molecule has 18 heavy (non-hydrogen) atoms. The van der Waals surface area contributed by atoms with E-state index in [1.165, 1.54) is 0 Å². The van der Waals surface area contributed by atoms with Crippen LogP contribution in [0.25, 0.3) is 0 Å². The van der Waals surface area contributed by atoms with Crippen LogP contribution in [0.15, 0.2) is 24.3 Å². The summed E-state index contributed by atoms with van der Waals surface area (Å²) in [5, 5.41) is 0. The molecular formula is C11H16N2O3S2. The number of hydrogen-bond donors (Lipinski definition) is 2. The van der Waals surface area contributed by atoms with E-state index >= 15 is 0 Å². The molecule has 0 saturated carbocycles. The highest BCUT2D eigenvalue weighted by Gasteiger charge is 2.11. The first-order chi connectivity index (χ1) is 8.28. The fourth-order valence-corrected chi connectivity index (χ4v) is 2.68. The summed E-state index contributed by atoms with van der Waals surface area (Å²) in [4.78, 5) is -0.0674. The molecule has 3 N–H and O–H groups in total. The van der Waals surface area contributed by atoms with Gasteiger partial charge in [-0.3, -0.25) is 4.72 Å². The normalized spacial score (nSPS) is 11.3. The quantitative estimate of drug-likeness (QED) is 0.775. The summed E-state index contributed by atoms with van der Waals surface area (Å²) < 4.78 is 31.0. The lowest BCUT2D eigenvalue weighted by Crippen LogP contribution is -2.26. The van der Waals surface area contributed by atoms with Gasteiger partial charge in [0.15, 0.2) is 0 Å². The zero-order chi connectivity index (χ0) is 13.8. The van der Waals surface area contributed by atoms with Gasteiger partial charge in [0, 0.05) is 5.69 Å². The van der Waals surface area contributed by atoms with Gasteiger partial charge in [-0.05, 0) is 38.1 Å². The molecule has 0 aliphatic heterocycles. The molecule has 7 heteroatoms. The minimum absolute atomic E-state index is 0.0674.